The van der Waals surface area contributed by atoms with E-state index in [9.17, 15) is 22.8 Å². The molecule has 9 nitrogen and oxygen atoms in total. The highest BCUT2D eigenvalue weighted by atomic mass is 19.4. The van der Waals surface area contributed by atoms with Crippen LogP contribution in [0.25, 0.3) is 5.69 Å². The van der Waals surface area contributed by atoms with Crippen LogP contribution in [0.2, 0.25) is 0 Å². The Hall–Kier alpha value is -4.06. The van der Waals surface area contributed by atoms with Gasteiger partial charge in [-0.15, -0.1) is 0 Å². The Morgan fingerprint density at radius 1 is 0.974 bits per heavy atom. The first-order chi connectivity index (χ1) is 18.3. The molecule has 12 heteroatoms. The molecular formula is C26H30F3N7O2. The van der Waals surface area contributed by atoms with Gasteiger partial charge in [-0.25, -0.2) is 4.79 Å². The fourth-order valence-corrected chi connectivity index (χ4v) is 4.18. The third-order valence-electron chi connectivity index (χ3n) is 6.24. The van der Waals surface area contributed by atoms with Crippen molar-refractivity contribution in [1.82, 2.24) is 20.0 Å². The van der Waals surface area contributed by atoms with Crippen molar-refractivity contribution in [1.29, 1.82) is 0 Å². The van der Waals surface area contributed by atoms with Crippen molar-refractivity contribution >= 4 is 23.1 Å². The number of alkyl halides is 3. The summed E-state index contributed by atoms with van der Waals surface area (Å²) >= 11 is 0. The van der Waals surface area contributed by atoms with Crippen LogP contribution in [0.3, 0.4) is 0 Å². The summed E-state index contributed by atoms with van der Waals surface area (Å²) in [7, 11) is 1.87. The van der Waals surface area contributed by atoms with E-state index < -0.39 is 17.8 Å². The third kappa shape index (κ3) is 6.43. The minimum Gasteiger partial charge on any atom is -0.379 e. The average Bonchev–Trinajstić information content (AvgIpc) is 2.92. The molecule has 38 heavy (non-hydrogen) atoms. The second-order valence-electron chi connectivity index (χ2n) is 8.82. The van der Waals surface area contributed by atoms with Crippen LogP contribution in [0.5, 0.6) is 0 Å². The van der Waals surface area contributed by atoms with E-state index >= 15 is 0 Å². The van der Waals surface area contributed by atoms with E-state index in [-0.39, 0.29) is 11.2 Å². The van der Waals surface area contributed by atoms with Gasteiger partial charge in [0.2, 0.25) is 0 Å². The Morgan fingerprint density at radius 2 is 1.66 bits per heavy atom. The zero-order valence-electron chi connectivity index (χ0n) is 21.0. The first-order valence-electron chi connectivity index (χ1n) is 12.3. The van der Waals surface area contributed by atoms with Crippen molar-refractivity contribution in [2.45, 2.75) is 12.6 Å². The Morgan fingerprint density at radius 3 is 2.29 bits per heavy atom. The maximum Gasteiger partial charge on any atom is 0.416 e. The number of anilines is 3. The lowest BCUT2D eigenvalue weighted by atomic mass is 10.2. The monoisotopic (exact) mass is 529 g/mol. The third-order valence-corrected chi connectivity index (χ3v) is 6.24. The second kappa shape index (κ2) is 12.0. The molecule has 3 N–H and O–H groups in total. The van der Waals surface area contributed by atoms with Gasteiger partial charge in [0.25, 0.3) is 5.56 Å². The highest BCUT2D eigenvalue weighted by molar-refractivity contribution is 5.89. The number of hydrogen-bond donors (Lipinski definition) is 3. The van der Waals surface area contributed by atoms with Crippen molar-refractivity contribution in [2.75, 3.05) is 61.8 Å². The molecule has 1 saturated heterocycles. The molecule has 1 aliphatic rings. The normalized spacial score (nSPS) is 13.9. The lowest BCUT2D eigenvalue weighted by molar-refractivity contribution is -0.137. The largest absolute Gasteiger partial charge is 0.416 e. The lowest BCUT2D eigenvalue weighted by Gasteiger charge is -2.36. The SMILES string of the molecule is CNCCCNc1c(N2CCN(C(=O)Nc3ccc(C(F)(F)F)cc3)CC2)cnn(-c2ccccc2)c1=O. The molecule has 0 unspecified atom stereocenters. The summed E-state index contributed by atoms with van der Waals surface area (Å²) in [6.45, 7) is 3.05. The number of para-hydroxylation sites is 1. The number of rotatable bonds is 8. The van der Waals surface area contributed by atoms with Gasteiger partial charge in [-0.1, -0.05) is 18.2 Å². The highest BCUT2D eigenvalue weighted by Crippen LogP contribution is 2.30. The molecule has 1 aromatic heterocycles. The van der Waals surface area contributed by atoms with Crippen LogP contribution in [0.1, 0.15) is 12.0 Å². The Kier molecular flexibility index (Phi) is 8.52. The molecule has 0 bridgehead atoms. The minimum atomic E-state index is -4.43. The summed E-state index contributed by atoms with van der Waals surface area (Å²) in [6, 6.07) is 13.1. The van der Waals surface area contributed by atoms with E-state index in [0.29, 0.717) is 49.8 Å². The number of piperazine rings is 1. The van der Waals surface area contributed by atoms with Crippen LogP contribution < -0.4 is 26.4 Å². The summed E-state index contributed by atoms with van der Waals surface area (Å²) in [5, 5.41) is 13.4. The van der Waals surface area contributed by atoms with Crippen LogP contribution >= 0.6 is 0 Å². The van der Waals surface area contributed by atoms with Gasteiger partial charge in [0, 0.05) is 38.4 Å². The van der Waals surface area contributed by atoms with E-state index in [1.165, 1.54) is 16.8 Å². The van der Waals surface area contributed by atoms with Gasteiger partial charge < -0.3 is 25.8 Å². The van der Waals surface area contributed by atoms with Gasteiger partial charge >= 0.3 is 12.2 Å². The van der Waals surface area contributed by atoms with Gasteiger partial charge in [-0.2, -0.15) is 23.0 Å². The number of amides is 2. The summed E-state index contributed by atoms with van der Waals surface area (Å²) in [4.78, 5) is 29.7. The van der Waals surface area contributed by atoms with E-state index in [4.69, 9.17) is 0 Å². The molecule has 2 heterocycles. The van der Waals surface area contributed by atoms with Crippen molar-refractivity contribution in [3.05, 3.63) is 76.7 Å². The molecule has 0 radical (unpaired) electrons. The molecule has 0 saturated carbocycles. The summed E-state index contributed by atoms with van der Waals surface area (Å²) in [5.41, 5.74) is 1.01. The number of carbonyl (C=O) groups excluding carboxylic acids is 1. The van der Waals surface area contributed by atoms with Gasteiger partial charge in [-0.05, 0) is 56.4 Å². The molecule has 4 rings (SSSR count). The fraction of sp³-hybridized carbons (Fsp3) is 0.346. The van der Waals surface area contributed by atoms with Crippen LogP contribution in [0.15, 0.2) is 65.6 Å². The van der Waals surface area contributed by atoms with Gasteiger partial charge in [-0.3, -0.25) is 4.79 Å². The lowest BCUT2D eigenvalue weighted by Crippen LogP contribution is -2.50. The smallest absolute Gasteiger partial charge is 0.379 e. The summed E-state index contributed by atoms with van der Waals surface area (Å²) < 4.78 is 39.7. The number of nitrogens with zero attached hydrogens (tertiary/aromatic N) is 4. The fourth-order valence-electron chi connectivity index (χ4n) is 4.18. The van der Waals surface area contributed by atoms with Crippen molar-refractivity contribution in [3.8, 4) is 5.69 Å². The molecule has 3 aromatic rings. The van der Waals surface area contributed by atoms with Gasteiger partial charge in [0.15, 0.2) is 0 Å². The predicted molar refractivity (Wildman–Crippen MR) is 141 cm³/mol. The summed E-state index contributed by atoms with van der Waals surface area (Å²) in [6.07, 6.45) is -1.95. The highest BCUT2D eigenvalue weighted by Gasteiger charge is 2.30. The minimum absolute atomic E-state index is 0.263. The maximum atomic E-state index is 13.4. The van der Waals surface area contributed by atoms with E-state index in [0.717, 1.165) is 25.1 Å². The predicted octanol–water partition coefficient (Wildman–Crippen LogP) is 3.63. The second-order valence-corrected chi connectivity index (χ2v) is 8.82. The molecule has 1 fully saturated rings. The first-order valence-corrected chi connectivity index (χ1v) is 12.3. The van der Waals surface area contributed by atoms with Crippen molar-refractivity contribution < 1.29 is 18.0 Å². The number of benzene rings is 2. The maximum absolute atomic E-state index is 13.4. The average molecular weight is 530 g/mol. The quantitative estimate of drug-likeness (QED) is 0.386. The van der Waals surface area contributed by atoms with Crippen LogP contribution in [0, 0.1) is 0 Å². The number of carbonyl (C=O) groups is 1. The van der Waals surface area contributed by atoms with Crippen molar-refractivity contribution in [2.24, 2.45) is 0 Å². The standard InChI is InChI=1S/C26H30F3N7O2/c1-30-12-5-13-31-23-22(18-32-36(24(23)37)21-6-3-2-4-7-21)34-14-16-35(17-15-34)25(38)33-20-10-8-19(9-11-20)26(27,28)29/h2-4,6-11,18,30-31H,5,12-17H2,1H3,(H,33,38). The molecule has 0 atom stereocenters. The number of nitrogens with one attached hydrogen (secondary N) is 3. The van der Waals surface area contributed by atoms with Crippen LogP contribution in [-0.4, -0.2) is 67.0 Å². The molecule has 1 aliphatic heterocycles. The van der Waals surface area contributed by atoms with Crippen molar-refractivity contribution in [3.63, 3.8) is 0 Å². The Bertz CT molecular complexity index is 1270. The molecule has 202 valence electrons. The molecule has 0 spiro atoms. The zero-order valence-corrected chi connectivity index (χ0v) is 21.0. The molecule has 2 amide bonds. The number of hydrogen-bond acceptors (Lipinski definition) is 6. The Labute approximate surface area is 218 Å². The van der Waals surface area contributed by atoms with Crippen LogP contribution in [-0.2, 0) is 6.18 Å². The molecule has 0 aliphatic carbocycles. The number of halogens is 3. The number of aromatic nitrogens is 2. The first kappa shape index (κ1) is 27.0. The number of urea groups is 1. The van der Waals surface area contributed by atoms with E-state index in [2.05, 4.69) is 21.0 Å². The van der Waals surface area contributed by atoms with Crippen LogP contribution in [0.4, 0.5) is 35.0 Å². The molecule has 2 aromatic carbocycles. The molecular weight excluding hydrogens is 499 g/mol. The van der Waals surface area contributed by atoms with Gasteiger partial charge in [0.1, 0.15) is 5.69 Å². The zero-order chi connectivity index (χ0) is 27.1. The summed E-state index contributed by atoms with van der Waals surface area (Å²) in [5.74, 6) is 0. The topological polar surface area (TPSA) is 94.5 Å². The van der Waals surface area contributed by atoms with E-state index in [1.54, 1.807) is 11.1 Å². The Balaban J connectivity index is 1.45. The van der Waals surface area contributed by atoms with Gasteiger partial charge in [0.05, 0.1) is 23.1 Å². The van der Waals surface area contributed by atoms with E-state index in [1.807, 2.05) is 42.3 Å².